The fourth-order valence-corrected chi connectivity index (χ4v) is 0.741. The summed E-state index contributed by atoms with van der Waals surface area (Å²) in [6, 6.07) is 1.23. The molecular formula is C8H11NO3. The second-order valence-electron chi connectivity index (χ2n) is 2.40. The van der Waals surface area contributed by atoms with Crippen LogP contribution in [0.1, 0.15) is 13.3 Å². The molecule has 4 heteroatoms. The Morgan fingerprint density at radius 3 is 3.00 bits per heavy atom. The first-order valence-corrected chi connectivity index (χ1v) is 3.78. The molecule has 0 aliphatic carbocycles. The first-order chi connectivity index (χ1) is 5.74. The number of H-pyrrole nitrogens is 1. The predicted molar refractivity (Wildman–Crippen MR) is 44.5 cm³/mol. The number of rotatable bonds is 3. The Bertz CT molecular complexity index is 305. The van der Waals surface area contributed by atoms with Gasteiger partial charge in [0.25, 0.3) is 0 Å². The molecule has 0 aliphatic heterocycles. The van der Waals surface area contributed by atoms with Crippen LogP contribution in [0.15, 0.2) is 17.1 Å². The van der Waals surface area contributed by atoms with Crippen molar-refractivity contribution in [1.82, 2.24) is 4.98 Å². The molecule has 0 spiro atoms. The van der Waals surface area contributed by atoms with Gasteiger partial charge in [0.15, 0.2) is 11.6 Å². The first kappa shape index (κ1) is 8.64. The molecule has 0 saturated heterocycles. The highest BCUT2D eigenvalue weighted by atomic mass is 16.5. The maximum absolute atomic E-state index is 10.9. The molecule has 0 atom stereocenters. The molecular weight excluding hydrogens is 158 g/mol. The average molecular weight is 169 g/mol. The Labute approximate surface area is 69.8 Å². The third-order valence-electron chi connectivity index (χ3n) is 1.33. The first-order valence-electron chi connectivity index (χ1n) is 3.78. The van der Waals surface area contributed by atoms with Crippen molar-refractivity contribution in [1.29, 1.82) is 0 Å². The number of aromatic amines is 1. The zero-order chi connectivity index (χ0) is 8.97. The van der Waals surface area contributed by atoms with Crippen LogP contribution in [0.4, 0.5) is 0 Å². The van der Waals surface area contributed by atoms with E-state index < -0.39 is 5.43 Å². The number of aromatic nitrogens is 1. The van der Waals surface area contributed by atoms with Crippen molar-refractivity contribution < 1.29 is 9.84 Å². The average Bonchev–Trinajstić information content (AvgIpc) is 2.07. The summed E-state index contributed by atoms with van der Waals surface area (Å²) in [6.45, 7) is 2.53. The van der Waals surface area contributed by atoms with E-state index in [4.69, 9.17) is 9.84 Å². The third-order valence-corrected chi connectivity index (χ3v) is 1.33. The number of aromatic hydroxyl groups is 1. The molecule has 0 radical (unpaired) electrons. The van der Waals surface area contributed by atoms with Crippen LogP contribution in [-0.4, -0.2) is 16.7 Å². The normalized spacial score (nSPS) is 9.75. The summed E-state index contributed by atoms with van der Waals surface area (Å²) >= 11 is 0. The third kappa shape index (κ3) is 2.02. The minimum Gasteiger partial charge on any atom is -0.503 e. The van der Waals surface area contributed by atoms with Crippen molar-refractivity contribution in [3.8, 4) is 11.6 Å². The standard InChI is InChI=1S/C8H11NO3/c1-2-3-12-8-4-6(10)7(11)5-9-8/h4-5,11H,2-3H2,1H3,(H,9,10). The van der Waals surface area contributed by atoms with Gasteiger partial charge in [0, 0.05) is 12.3 Å². The van der Waals surface area contributed by atoms with Gasteiger partial charge in [-0.1, -0.05) is 6.92 Å². The minimum atomic E-state index is -0.431. The highest BCUT2D eigenvalue weighted by Gasteiger charge is 1.98. The summed E-state index contributed by atoms with van der Waals surface area (Å²) in [5.74, 6) is 0.0958. The Morgan fingerprint density at radius 1 is 1.67 bits per heavy atom. The highest BCUT2D eigenvalue weighted by molar-refractivity contribution is 5.21. The van der Waals surface area contributed by atoms with E-state index in [9.17, 15) is 4.79 Å². The summed E-state index contributed by atoms with van der Waals surface area (Å²) in [6.07, 6.45) is 2.09. The molecule has 1 aromatic rings. The molecule has 0 aromatic carbocycles. The van der Waals surface area contributed by atoms with Crippen molar-refractivity contribution in [3.05, 3.63) is 22.5 Å². The smallest absolute Gasteiger partial charge is 0.226 e. The van der Waals surface area contributed by atoms with Crippen LogP contribution >= 0.6 is 0 Å². The lowest BCUT2D eigenvalue weighted by atomic mass is 10.4. The van der Waals surface area contributed by atoms with Crippen molar-refractivity contribution in [2.45, 2.75) is 13.3 Å². The maximum Gasteiger partial charge on any atom is 0.226 e. The minimum absolute atomic E-state index is 0.293. The SMILES string of the molecule is CCCOc1cc(=O)c(O)c[nH]1. The number of ether oxygens (including phenoxy) is 1. The molecule has 0 saturated carbocycles. The van der Waals surface area contributed by atoms with Crippen LogP contribution < -0.4 is 10.2 Å². The number of hydrogen-bond donors (Lipinski definition) is 2. The second kappa shape index (κ2) is 3.80. The van der Waals surface area contributed by atoms with Crippen molar-refractivity contribution in [2.24, 2.45) is 0 Å². The van der Waals surface area contributed by atoms with Gasteiger partial charge in [-0.3, -0.25) is 4.79 Å². The molecule has 0 fully saturated rings. The molecule has 2 N–H and O–H groups in total. The van der Waals surface area contributed by atoms with Gasteiger partial charge in [-0.15, -0.1) is 0 Å². The Balaban J connectivity index is 2.76. The van der Waals surface area contributed by atoms with E-state index in [1.165, 1.54) is 12.3 Å². The molecule has 0 unspecified atom stereocenters. The highest BCUT2D eigenvalue weighted by Crippen LogP contribution is 2.05. The van der Waals surface area contributed by atoms with Gasteiger partial charge in [0.2, 0.25) is 5.43 Å². The molecule has 1 aromatic heterocycles. The lowest BCUT2D eigenvalue weighted by Gasteiger charge is -2.02. The second-order valence-corrected chi connectivity index (χ2v) is 2.40. The van der Waals surface area contributed by atoms with E-state index in [1.54, 1.807) is 0 Å². The molecule has 4 nitrogen and oxygen atoms in total. The number of nitrogens with one attached hydrogen (secondary N) is 1. The lowest BCUT2D eigenvalue weighted by Crippen LogP contribution is -2.03. The molecule has 0 amide bonds. The summed E-state index contributed by atoms with van der Waals surface area (Å²) in [7, 11) is 0. The molecule has 1 rings (SSSR count). The van der Waals surface area contributed by atoms with Crippen LogP contribution in [0.2, 0.25) is 0 Å². The Morgan fingerprint density at radius 2 is 2.42 bits per heavy atom. The maximum atomic E-state index is 10.9. The fourth-order valence-electron chi connectivity index (χ4n) is 0.741. The lowest BCUT2D eigenvalue weighted by molar-refractivity contribution is 0.303. The molecule has 66 valence electrons. The predicted octanol–water partition coefficient (Wildman–Crippen LogP) is 0.869. The van der Waals surface area contributed by atoms with Crippen molar-refractivity contribution in [3.63, 3.8) is 0 Å². The summed E-state index contributed by atoms with van der Waals surface area (Å²) in [5.41, 5.74) is -0.431. The van der Waals surface area contributed by atoms with Crippen LogP contribution in [-0.2, 0) is 0 Å². The van der Waals surface area contributed by atoms with E-state index in [0.29, 0.717) is 12.5 Å². The van der Waals surface area contributed by atoms with Gasteiger partial charge in [0.05, 0.1) is 6.61 Å². The quantitative estimate of drug-likeness (QED) is 0.705. The van der Waals surface area contributed by atoms with Gasteiger partial charge >= 0.3 is 0 Å². The van der Waals surface area contributed by atoms with Crippen LogP contribution in [0.5, 0.6) is 11.6 Å². The van der Waals surface area contributed by atoms with E-state index >= 15 is 0 Å². The Hall–Kier alpha value is -1.45. The topological polar surface area (TPSA) is 62.3 Å². The summed E-state index contributed by atoms with van der Waals surface area (Å²) in [5, 5.41) is 8.87. The van der Waals surface area contributed by atoms with E-state index in [1.807, 2.05) is 6.92 Å². The van der Waals surface area contributed by atoms with Gasteiger partial charge in [-0.2, -0.15) is 0 Å². The molecule has 1 heterocycles. The van der Waals surface area contributed by atoms with Crippen LogP contribution in [0.3, 0.4) is 0 Å². The largest absolute Gasteiger partial charge is 0.503 e. The van der Waals surface area contributed by atoms with Crippen LogP contribution in [0, 0.1) is 0 Å². The number of hydrogen-bond acceptors (Lipinski definition) is 3. The van der Waals surface area contributed by atoms with Gasteiger partial charge in [-0.25, -0.2) is 0 Å². The van der Waals surface area contributed by atoms with E-state index in [-0.39, 0.29) is 5.75 Å². The fraction of sp³-hybridized carbons (Fsp3) is 0.375. The van der Waals surface area contributed by atoms with E-state index in [2.05, 4.69) is 4.98 Å². The van der Waals surface area contributed by atoms with Gasteiger partial charge in [0.1, 0.15) is 0 Å². The summed E-state index contributed by atoms with van der Waals surface area (Å²) in [4.78, 5) is 13.5. The van der Waals surface area contributed by atoms with Crippen molar-refractivity contribution in [2.75, 3.05) is 6.61 Å². The Kier molecular flexibility index (Phi) is 2.74. The summed E-state index contributed by atoms with van der Waals surface area (Å²) < 4.78 is 5.12. The van der Waals surface area contributed by atoms with Gasteiger partial charge in [-0.05, 0) is 6.42 Å². The number of pyridine rings is 1. The van der Waals surface area contributed by atoms with Crippen molar-refractivity contribution >= 4 is 0 Å². The molecule has 12 heavy (non-hydrogen) atoms. The molecule has 0 aliphatic rings. The van der Waals surface area contributed by atoms with Gasteiger partial charge < -0.3 is 14.8 Å². The zero-order valence-corrected chi connectivity index (χ0v) is 6.83. The molecule has 0 bridgehead atoms. The van der Waals surface area contributed by atoms with E-state index in [0.717, 1.165) is 6.42 Å². The zero-order valence-electron chi connectivity index (χ0n) is 6.83. The monoisotopic (exact) mass is 169 g/mol. The van der Waals surface area contributed by atoms with Crippen LogP contribution in [0.25, 0.3) is 0 Å².